The molecule has 3 aromatic heterocycles. The van der Waals surface area contributed by atoms with E-state index in [1.807, 2.05) is 0 Å². The first-order chi connectivity index (χ1) is 23.2. The van der Waals surface area contributed by atoms with E-state index in [0.717, 1.165) is 12.0 Å². The molecule has 266 valence electrons. The number of rotatable bonds is 24. The second-order valence-corrected chi connectivity index (χ2v) is 11.4. The molecule has 24 nitrogen and oxygen atoms in total. The Morgan fingerprint density at radius 2 is 1.12 bits per heavy atom. The van der Waals surface area contributed by atoms with Gasteiger partial charge in [-0.15, -0.1) is 10.2 Å². The molecule has 0 aliphatic carbocycles. The summed E-state index contributed by atoms with van der Waals surface area (Å²) in [6.45, 7) is -0.662. The molecule has 0 saturated carbocycles. The van der Waals surface area contributed by atoms with Crippen LogP contribution in [0.1, 0.15) is 0 Å². The summed E-state index contributed by atoms with van der Waals surface area (Å²) in [7, 11) is -4.50. The van der Waals surface area contributed by atoms with E-state index in [-0.39, 0.29) is 216 Å². The van der Waals surface area contributed by atoms with Gasteiger partial charge in [0, 0.05) is 57.1 Å². The number of anilines is 8. The molecule has 8 N–H and O–H groups in total. The van der Waals surface area contributed by atoms with Crippen molar-refractivity contribution in [2.45, 2.75) is 0 Å². The van der Waals surface area contributed by atoms with Gasteiger partial charge in [-0.1, -0.05) is 0 Å². The van der Waals surface area contributed by atoms with Crippen LogP contribution in [-0.2, 0) is 19.5 Å². The van der Waals surface area contributed by atoms with Gasteiger partial charge < -0.3 is 61.3 Å². The van der Waals surface area contributed by atoms with Crippen molar-refractivity contribution in [1.82, 2.24) is 40.1 Å². The van der Waals surface area contributed by atoms with Crippen LogP contribution in [-0.4, -0.2) is 151 Å². The fraction of sp³-hybridized carbons (Fsp3) is 0.545. The normalized spacial score (nSPS) is 10.8. The van der Waals surface area contributed by atoms with E-state index in [0.29, 0.717) is 5.75 Å². The summed E-state index contributed by atoms with van der Waals surface area (Å²) in [5.74, 6) is 0.126. The van der Waals surface area contributed by atoms with Gasteiger partial charge in [-0.3, -0.25) is 5.04 Å². The first-order valence-electron chi connectivity index (χ1n) is 14.0. The molecule has 0 atom stereocenters. The molecule has 3 heterocycles. The Labute approximate surface area is 375 Å². The quantitative estimate of drug-likeness (QED) is 0.0104. The second kappa shape index (κ2) is 26.0. The maximum absolute atomic E-state index is 11.0. The molecule has 0 radical (unpaired) electrons. The third-order valence-corrected chi connectivity index (χ3v) is 6.84. The molecule has 50 heavy (non-hydrogen) atoms. The minimum atomic E-state index is -4.50. The second-order valence-electron chi connectivity index (χ2n) is 9.06. The standard InChI is InChI=1S/C22H36N14O10S2.2K/c37-9-5-35(6-10-38)21-29-17(23-3-13-47-46-45-41)27-19(31-21)25-15-1-2-16(34-33-15)26-20-28-18(24-4-14-48(42,43)44)30-22(32-20)36(7-11-39)8-12-40;;/h1-2,37-41H,3-14H2,(H,42,43,44)(H2,23,25,27,29,31,33)(H2,24,26,28,30,32,34);;/q;2*+1/p-2. The van der Waals surface area contributed by atoms with E-state index in [9.17, 15) is 38.7 Å². The fourth-order valence-electron chi connectivity index (χ4n) is 3.63. The van der Waals surface area contributed by atoms with Gasteiger partial charge >= 0.3 is 103 Å². The van der Waals surface area contributed by atoms with Gasteiger partial charge in [-0.05, 0) is 12.1 Å². The van der Waals surface area contributed by atoms with Crippen LogP contribution in [0.5, 0.6) is 0 Å². The van der Waals surface area contributed by atoms with Crippen LogP contribution in [0.3, 0.4) is 0 Å². The van der Waals surface area contributed by atoms with Crippen molar-refractivity contribution in [3.8, 4) is 0 Å². The van der Waals surface area contributed by atoms with Crippen LogP contribution < -0.4 is 139 Å². The predicted octanol–water partition coefficient (Wildman–Crippen LogP) is -9.84. The Balaban J connectivity index is 0.00000625. The summed E-state index contributed by atoms with van der Waals surface area (Å²) < 4.78 is 37.3. The van der Waals surface area contributed by atoms with Crippen molar-refractivity contribution in [3.05, 3.63) is 12.1 Å². The Morgan fingerprint density at radius 1 is 0.700 bits per heavy atom. The van der Waals surface area contributed by atoms with Crippen molar-refractivity contribution in [2.75, 3.05) is 108 Å². The summed E-state index contributed by atoms with van der Waals surface area (Å²) in [6.07, 6.45) is 0. The average Bonchev–Trinajstić information content (AvgIpc) is 3.04. The van der Waals surface area contributed by atoms with Gasteiger partial charge in [0.25, 0.3) is 0 Å². The largest absolute Gasteiger partial charge is 1.00 e. The Hall–Kier alpha value is -0.847. The summed E-state index contributed by atoms with van der Waals surface area (Å²) in [5.41, 5.74) is 0. The third-order valence-electron chi connectivity index (χ3n) is 5.62. The van der Waals surface area contributed by atoms with Gasteiger partial charge in [0.05, 0.1) is 42.3 Å². The van der Waals surface area contributed by atoms with E-state index in [1.165, 1.54) is 21.9 Å². The fourth-order valence-corrected chi connectivity index (χ4v) is 4.27. The zero-order valence-corrected chi connectivity index (χ0v) is 35.0. The van der Waals surface area contributed by atoms with Crippen molar-refractivity contribution in [3.63, 3.8) is 0 Å². The van der Waals surface area contributed by atoms with Gasteiger partial charge in [0.15, 0.2) is 11.6 Å². The summed E-state index contributed by atoms with van der Waals surface area (Å²) in [6, 6.07) is 3.03. The van der Waals surface area contributed by atoms with Crippen LogP contribution in [0.4, 0.5) is 47.3 Å². The SMILES string of the molecule is O=S(=O)([O-])CCNc1nc(Nc2ccc(Nc3nc(NCCSOO[O-])nc(N(CCO)CCO)n3)nn2)nc(N(CCO)CCO)n1.[K+].[K+]. The van der Waals surface area contributed by atoms with Crippen molar-refractivity contribution in [1.29, 1.82) is 0 Å². The van der Waals surface area contributed by atoms with E-state index >= 15 is 0 Å². The molecule has 0 saturated heterocycles. The molecular formula is C22H34K2N14O10S2. The van der Waals surface area contributed by atoms with E-state index in [4.69, 9.17) is 0 Å². The molecule has 0 aliphatic rings. The number of aliphatic hydroxyl groups excluding tert-OH is 4. The number of hydrogen-bond acceptors (Lipinski definition) is 25. The first-order valence-corrected chi connectivity index (χ1v) is 16.5. The summed E-state index contributed by atoms with van der Waals surface area (Å²) in [4.78, 5) is 28.6. The minimum Gasteiger partial charge on any atom is -0.748 e. The maximum Gasteiger partial charge on any atom is 1.00 e. The minimum absolute atomic E-state index is 0. The van der Waals surface area contributed by atoms with E-state index in [1.54, 1.807) is 0 Å². The molecular weight excluding hydrogens is 763 g/mol. The zero-order valence-electron chi connectivity index (χ0n) is 27.2. The van der Waals surface area contributed by atoms with Gasteiger partial charge in [0.1, 0.15) is 0 Å². The molecule has 28 heteroatoms. The molecule has 0 bridgehead atoms. The predicted molar refractivity (Wildman–Crippen MR) is 167 cm³/mol. The van der Waals surface area contributed by atoms with Gasteiger partial charge in [-0.25, -0.2) is 8.42 Å². The van der Waals surface area contributed by atoms with Crippen LogP contribution in [0, 0.1) is 0 Å². The molecule has 3 aromatic rings. The maximum atomic E-state index is 11.0. The number of aromatic nitrogens is 8. The Morgan fingerprint density at radius 3 is 1.50 bits per heavy atom. The van der Waals surface area contributed by atoms with Crippen molar-refractivity contribution in [2.24, 2.45) is 0 Å². The summed E-state index contributed by atoms with van der Waals surface area (Å²) in [5, 5.41) is 70.5. The average molecular weight is 797 g/mol. The van der Waals surface area contributed by atoms with Gasteiger partial charge in [0.2, 0.25) is 35.7 Å². The number of hydrogen-bond donors (Lipinski definition) is 8. The molecule has 0 aromatic carbocycles. The Kier molecular flexibility index (Phi) is 24.5. The van der Waals surface area contributed by atoms with E-state index in [2.05, 4.69) is 70.7 Å². The first kappa shape index (κ1) is 47.2. The molecule has 0 spiro atoms. The Bertz CT molecular complexity index is 1500. The number of nitrogens with zero attached hydrogens (tertiary/aromatic N) is 10. The molecule has 0 aliphatic heterocycles. The molecule has 0 unspecified atom stereocenters. The number of nitrogens with one attached hydrogen (secondary N) is 4. The smallest absolute Gasteiger partial charge is 0.748 e. The van der Waals surface area contributed by atoms with Crippen LogP contribution in [0.25, 0.3) is 0 Å². The molecule has 0 fully saturated rings. The topological polar surface area (TPSA) is 337 Å². The third kappa shape index (κ3) is 17.8. The van der Waals surface area contributed by atoms with Crippen LogP contribution in [0.15, 0.2) is 12.1 Å². The summed E-state index contributed by atoms with van der Waals surface area (Å²) >= 11 is 0.763. The molecule has 0 amide bonds. The van der Waals surface area contributed by atoms with Gasteiger partial charge in [-0.2, -0.15) is 34.2 Å². The van der Waals surface area contributed by atoms with Crippen LogP contribution in [0.2, 0.25) is 0 Å². The number of aliphatic hydroxyl groups is 4. The van der Waals surface area contributed by atoms with E-state index < -0.39 is 15.9 Å². The van der Waals surface area contributed by atoms with Crippen LogP contribution >= 0.6 is 12.0 Å². The molecule has 3 rings (SSSR count). The van der Waals surface area contributed by atoms with Crippen molar-refractivity contribution >= 4 is 69.5 Å². The zero-order chi connectivity index (χ0) is 34.8. The monoisotopic (exact) mass is 796 g/mol. The van der Waals surface area contributed by atoms with Crippen molar-refractivity contribution < 1.29 is 151 Å².